The molecule has 0 saturated carbocycles. The third-order valence-electron chi connectivity index (χ3n) is 3.55. The summed E-state index contributed by atoms with van der Waals surface area (Å²) in [5.41, 5.74) is 2.20. The summed E-state index contributed by atoms with van der Waals surface area (Å²) in [6.07, 6.45) is 0.372. The monoisotopic (exact) mass is 265 g/mol. The van der Waals surface area contributed by atoms with E-state index in [-0.39, 0.29) is 6.10 Å². The molecule has 1 rings (SSSR count). The molecule has 0 fully saturated rings. The van der Waals surface area contributed by atoms with Crippen molar-refractivity contribution < 1.29 is 9.84 Å². The zero-order chi connectivity index (χ0) is 14.3. The Morgan fingerprint density at radius 1 is 1.21 bits per heavy atom. The molecule has 1 atom stereocenters. The first-order valence-corrected chi connectivity index (χ1v) is 7.02. The molecule has 1 aromatic carbocycles. The van der Waals surface area contributed by atoms with E-state index in [1.807, 2.05) is 31.2 Å². The second kappa shape index (κ2) is 8.31. The van der Waals surface area contributed by atoms with Crippen LogP contribution >= 0.6 is 0 Å². The fraction of sp³-hybridized carbons (Fsp3) is 0.625. The van der Waals surface area contributed by atoms with Crippen molar-refractivity contribution in [2.45, 2.75) is 39.3 Å². The highest BCUT2D eigenvalue weighted by molar-refractivity contribution is 5.27. The highest BCUT2D eigenvalue weighted by Crippen LogP contribution is 2.20. The molecular formula is C16H27NO2. The standard InChI is InChI=1S/C16H27NO2/c1-13(2)17(11-12-19-4)10-9-16(18)15-8-6-5-7-14(15)3/h5-8,13,16,18H,9-12H2,1-4H3. The van der Waals surface area contributed by atoms with E-state index in [0.29, 0.717) is 6.04 Å². The molecule has 0 aliphatic heterocycles. The van der Waals surface area contributed by atoms with Gasteiger partial charge in [-0.05, 0) is 38.3 Å². The minimum atomic E-state index is -0.384. The summed E-state index contributed by atoms with van der Waals surface area (Å²) in [7, 11) is 1.72. The third kappa shape index (κ3) is 5.31. The molecule has 0 bridgehead atoms. The van der Waals surface area contributed by atoms with Gasteiger partial charge in [-0.2, -0.15) is 0 Å². The van der Waals surface area contributed by atoms with Gasteiger partial charge < -0.3 is 9.84 Å². The summed E-state index contributed by atoms with van der Waals surface area (Å²) >= 11 is 0. The Labute approximate surface area is 117 Å². The van der Waals surface area contributed by atoms with E-state index in [1.54, 1.807) is 7.11 Å². The van der Waals surface area contributed by atoms with Crippen molar-refractivity contribution >= 4 is 0 Å². The van der Waals surface area contributed by atoms with Crippen LogP contribution in [0.2, 0.25) is 0 Å². The normalized spacial score (nSPS) is 13.2. The van der Waals surface area contributed by atoms with Gasteiger partial charge in [-0.3, -0.25) is 4.90 Å². The average molecular weight is 265 g/mol. The minimum absolute atomic E-state index is 0.384. The summed E-state index contributed by atoms with van der Waals surface area (Å²) in [5.74, 6) is 0. The Balaban J connectivity index is 2.52. The van der Waals surface area contributed by atoms with Crippen molar-refractivity contribution in [1.82, 2.24) is 4.90 Å². The van der Waals surface area contributed by atoms with Crippen molar-refractivity contribution in [2.24, 2.45) is 0 Å². The lowest BCUT2D eigenvalue weighted by Gasteiger charge is -2.27. The van der Waals surface area contributed by atoms with E-state index < -0.39 is 0 Å². The van der Waals surface area contributed by atoms with Gasteiger partial charge in [-0.25, -0.2) is 0 Å². The number of hydrogen-bond acceptors (Lipinski definition) is 3. The molecule has 1 aromatic rings. The summed E-state index contributed by atoms with van der Waals surface area (Å²) in [4.78, 5) is 2.34. The molecule has 0 aliphatic carbocycles. The summed E-state index contributed by atoms with van der Waals surface area (Å²) in [6, 6.07) is 8.51. The largest absolute Gasteiger partial charge is 0.388 e. The number of benzene rings is 1. The molecule has 0 spiro atoms. The van der Waals surface area contributed by atoms with Crippen LogP contribution in [0.5, 0.6) is 0 Å². The molecule has 0 aromatic heterocycles. The van der Waals surface area contributed by atoms with Crippen LogP contribution in [-0.2, 0) is 4.74 Å². The van der Waals surface area contributed by atoms with Crippen molar-refractivity contribution in [2.75, 3.05) is 26.8 Å². The van der Waals surface area contributed by atoms with Gasteiger partial charge in [0.2, 0.25) is 0 Å². The Bertz CT molecular complexity index is 366. The molecule has 0 saturated heterocycles. The molecule has 19 heavy (non-hydrogen) atoms. The number of aliphatic hydroxyl groups is 1. The van der Waals surface area contributed by atoms with Crippen LogP contribution in [0, 0.1) is 6.92 Å². The molecule has 0 aliphatic rings. The van der Waals surface area contributed by atoms with Gasteiger partial charge in [0.1, 0.15) is 0 Å². The highest BCUT2D eigenvalue weighted by atomic mass is 16.5. The molecule has 3 heteroatoms. The molecule has 0 heterocycles. The van der Waals surface area contributed by atoms with Gasteiger partial charge in [0.25, 0.3) is 0 Å². The van der Waals surface area contributed by atoms with Gasteiger partial charge in [0.15, 0.2) is 0 Å². The molecule has 108 valence electrons. The topological polar surface area (TPSA) is 32.7 Å². The van der Waals surface area contributed by atoms with E-state index in [4.69, 9.17) is 4.74 Å². The number of aliphatic hydroxyl groups excluding tert-OH is 1. The number of rotatable bonds is 8. The Hall–Kier alpha value is -0.900. The molecular weight excluding hydrogens is 238 g/mol. The maximum absolute atomic E-state index is 10.3. The van der Waals surface area contributed by atoms with Crippen LogP contribution in [-0.4, -0.2) is 42.9 Å². The first-order chi connectivity index (χ1) is 9.06. The predicted molar refractivity (Wildman–Crippen MR) is 79.3 cm³/mol. The van der Waals surface area contributed by atoms with Crippen molar-refractivity contribution in [1.29, 1.82) is 0 Å². The molecule has 3 nitrogen and oxygen atoms in total. The van der Waals surface area contributed by atoms with Crippen LogP contribution < -0.4 is 0 Å². The number of aryl methyl sites for hydroxylation is 1. The molecule has 1 unspecified atom stereocenters. The SMILES string of the molecule is COCCN(CCC(O)c1ccccc1C)C(C)C. The lowest BCUT2D eigenvalue weighted by atomic mass is 10.0. The third-order valence-corrected chi connectivity index (χ3v) is 3.55. The fourth-order valence-corrected chi connectivity index (χ4v) is 2.24. The number of methoxy groups -OCH3 is 1. The van der Waals surface area contributed by atoms with E-state index in [0.717, 1.165) is 37.2 Å². The smallest absolute Gasteiger partial charge is 0.0804 e. The molecule has 0 amide bonds. The Morgan fingerprint density at radius 3 is 2.47 bits per heavy atom. The number of ether oxygens (including phenoxy) is 1. The second-order valence-electron chi connectivity index (χ2n) is 5.28. The lowest BCUT2D eigenvalue weighted by molar-refractivity contribution is 0.102. The first-order valence-electron chi connectivity index (χ1n) is 7.02. The number of nitrogens with zero attached hydrogens (tertiary/aromatic N) is 1. The minimum Gasteiger partial charge on any atom is -0.388 e. The fourth-order valence-electron chi connectivity index (χ4n) is 2.24. The van der Waals surface area contributed by atoms with E-state index in [2.05, 4.69) is 18.7 Å². The van der Waals surface area contributed by atoms with Gasteiger partial charge in [0, 0.05) is 26.2 Å². The average Bonchev–Trinajstić information content (AvgIpc) is 2.38. The maximum atomic E-state index is 10.3. The summed E-state index contributed by atoms with van der Waals surface area (Å²) in [5, 5.41) is 10.3. The Morgan fingerprint density at radius 2 is 1.89 bits per heavy atom. The number of hydrogen-bond donors (Lipinski definition) is 1. The van der Waals surface area contributed by atoms with Crippen LogP contribution in [0.25, 0.3) is 0 Å². The summed E-state index contributed by atoms with van der Waals surface area (Å²) < 4.78 is 5.13. The molecule has 1 N–H and O–H groups in total. The van der Waals surface area contributed by atoms with Crippen LogP contribution in [0.3, 0.4) is 0 Å². The quantitative estimate of drug-likeness (QED) is 0.784. The summed E-state index contributed by atoms with van der Waals surface area (Å²) in [6.45, 7) is 8.93. The maximum Gasteiger partial charge on any atom is 0.0804 e. The van der Waals surface area contributed by atoms with Crippen molar-refractivity contribution in [3.05, 3.63) is 35.4 Å². The second-order valence-corrected chi connectivity index (χ2v) is 5.28. The Kier molecular flexibility index (Phi) is 7.06. The van der Waals surface area contributed by atoms with Gasteiger partial charge in [0.05, 0.1) is 12.7 Å². The zero-order valence-electron chi connectivity index (χ0n) is 12.6. The van der Waals surface area contributed by atoms with Crippen LogP contribution in [0.4, 0.5) is 0 Å². The van der Waals surface area contributed by atoms with Gasteiger partial charge in [-0.1, -0.05) is 24.3 Å². The van der Waals surface area contributed by atoms with E-state index >= 15 is 0 Å². The highest BCUT2D eigenvalue weighted by Gasteiger charge is 2.14. The van der Waals surface area contributed by atoms with Crippen LogP contribution in [0.15, 0.2) is 24.3 Å². The van der Waals surface area contributed by atoms with Crippen molar-refractivity contribution in [3.8, 4) is 0 Å². The first kappa shape index (κ1) is 16.2. The van der Waals surface area contributed by atoms with Crippen LogP contribution in [0.1, 0.15) is 37.5 Å². The lowest BCUT2D eigenvalue weighted by Crippen LogP contribution is -2.35. The van der Waals surface area contributed by atoms with Gasteiger partial charge >= 0.3 is 0 Å². The van der Waals surface area contributed by atoms with Crippen molar-refractivity contribution in [3.63, 3.8) is 0 Å². The van der Waals surface area contributed by atoms with Gasteiger partial charge in [-0.15, -0.1) is 0 Å². The van der Waals surface area contributed by atoms with E-state index in [9.17, 15) is 5.11 Å². The zero-order valence-corrected chi connectivity index (χ0v) is 12.6. The van der Waals surface area contributed by atoms with E-state index in [1.165, 1.54) is 0 Å². The predicted octanol–water partition coefficient (Wildman–Crippen LogP) is 2.78. The molecule has 0 radical (unpaired) electrons.